The summed E-state index contributed by atoms with van der Waals surface area (Å²) < 4.78 is 0. The minimum atomic E-state index is -0.719. The largest absolute Gasteiger partial charge is 0.360 e. The number of rotatable bonds is 3. The Hall–Kier alpha value is -2.30. The summed E-state index contributed by atoms with van der Waals surface area (Å²) in [5, 5.41) is 4.21. The van der Waals surface area contributed by atoms with Gasteiger partial charge in [-0.15, -0.1) is 0 Å². The van der Waals surface area contributed by atoms with E-state index < -0.39 is 11.7 Å². The summed E-state index contributed by atoms with van der Waals surface area (Å²) in [6.45, 7) is 0. The molecule has 0 radical (unpaired) electrons. The lowest BCUT2D eigenvalue weighted by Gasteiger charge is -2.04. The van der Waals surface area contributed by atoms with Crippen LogP contribution in [0.1, 0.15) is 10.4 Å². The van der Waals surface area contributed by atoms with Crippen molar-refractivity contribution in [1.29, 1.82) is 0 Å². The average molecular weight is 333 g/mol. The van der Waals surface area contributed by atoms with Crippen LogP contribution >= 0.6 is 23.2 Å². The van der Waals surface area contributed by atoms with E-state index in [1.807, 2.05) is 0 Å². The molecular formula is C16H10Cl2N2O2. The highest BCUT2D eigenvalue weighted by molar-refractivity contribution is 6.48. The molecule has 0 bridgehead atoms. The number of amides is 1. The maximum Gasteiger partial charge on any atom is 0.296 e. The number of anilines is 1. The van der Waals surface area contributed by atoms with Crippen LogP contribution in [0, 0.1) is 0 Å². The summed E-state index contributed by atoms with van der Waals surface area (Å²) >= 11 is 11.7. The Balaban J connectivity index is 1.87. The van der Waals surface area contributed by atoms with E-state index in [4.69, 9.17) is 23.2 Å². The van der Waals surface area contributed by atoms with Crippen LogP contribution in [-0.4, -0.2) is 16.7 Å². The molecule has 4 nitrogen and oxygen atoms in total. The Morgan fingerprint density at radius 1 is 0.955 bits per heavy atom. The van der Waals surface area contributed by atoms with Crippen molar-refractivity contribution in [2.75, 3.05) is 5.32 Å². The Morgan fingerprint density at radius 2 is 1.64 bits per heavy atom. The SMILES string of the molecule is O=C(Nc1ccc(Cl)cc1)C(=O)c1c[nH]c2ccc(Cl)cc12. The molecule has 1 aromatic heterocycles. The average Bonchev–Trinajstić information content (AvgIpc) is 2.91. The highest BCUT2D eigenvalue weighted by Gasteiger charge is 2.20. The second kappa shape index (κ2) is 5.83. The van der Waals surface area contributed by atoms with Gasteiger partial charge in [0.1, 0.15) is 0 Å². The Kier molecular flexibility index (Phi) is 3.88. The quantitative estimate of drug-likeness (QED) is 0.555. The van der Waals surface area contributed by atoms with Crippen molar-refractivity contribution in [2.24, 2.45) is 0 Å². The summed E-state index contributed by atoms with van der Waals surface area (Å²) in [5.41, 5.74) is 1.52. The molecular weight excluding hydrogens is 323 g/mol. The first-order valence-corrected chi connectivity index (χ1v) is 7.18. The van der Waals surface area contributed by atoms with Crippen molar-refractivity contribution in [3.63, 3.8) is 0 Å². The second-order valence-electron chi connectivity index (χ2n) is 4.68. The van der Waals surface area contributed by atoms with Crippen LogP contribution in [0.3, 0.4) is 0 Å². The van der Waals surface area contributed by atoms with Gasteiger partial charge >= 0.3 is 0 Å². The number of benzene rings is 2. The molecule has 1 amide bonds. The number of aromatic amines is 1. The summed E-state index contributed by atoms with van der Waals surface area (Å²) in [6, 6.07) is 11.6. The van der Waals surface area contributed by atoms with Crippen molar-refractivity contribution in [1.82, 2.24) is 4.98 Å². The summed E-state index contributed by atoms with van der Waals surface area (Å²) in [4.78, 5) is 27.3. The fourth-order valence-electron chi connectivity index (χ4n) is 2.12. The van der Waals surface area contributed by atoms with Gasteiger partial charge in [-0.25, -0.2) is 0 Å². The third-order valence-electron chi connectivity index (χ3n) is 3.20. The molecule has 0 aliphatic carbocycles. The standard InChI is InChI=1S/C16H10Cl2N2O2/c17-9-1-4-11(5-2-9)20-16(22)15(21)13-8-19-14-6-3-10(18)7-12(13)14/h1-8,19H,(H,20,22). The molecule has 0 aliphatic heterocycles. The van der Waals surface area contributed by atoms with Gasteiger partial charge in [0.2, 0.25) is 0 Å². The number of nitrogens with one attached hydrogen (secondary N) is 2. The molecule has 2 N–H and O–H groups in total. The van der Waals surface area contributed by atoms with Gasteiger partial charge < -0.3 is 10.3 Å². The Bertz CT molecular complexity index is 869. The zero-order valence-corrected chi connectivity index (χ0v) is 12.7. The monoisotopic (exact) mass is 332 g/mol. The van der Waals surface area contributed by atoms with Crippen LogP contribution in [0.2, 0.25) is 10.0 Å². The van der Waals surface area contributed by atoms with Gasteiger partial charge in [0.25, 0.3) is 11.7 Å². The number of hydrogen-bond acceptors (Lipinski definition) is 2. The number of aromatic nitrogens is 1. The van der Waals surface area contributed by atoms with Crippen molar-refractivity contribution in [3.8, 4) is 0 Å². The molecule has 6 heteroatoms. The predicted octanol–water partition coefficient (Wildman–Crippen LogP) is 4.30. The van der Waals surface area contributed by atoms with Crippen molar-refractivity contribution in [2.45, 2.75) is 0 Å². The first-order chi connectivity index (χ1) is 10.5. The molecule has 0 unspecified atom stereocenters. The third kappa shape index (κ3) is 2.84. The van der Waals surface area contributed by atoms with Gasteiger partial charge in [-0.3, -0.25) is 9.59 Å². The molecule has 0 atom stereocenters. The molecule has 0 fully saturated rings. The summed E-state index contributed by atoms with van der Waals surface area (Å²) in [5.74, 6) is -1.35. The molecule has 0 spiro atoms. The first kappa shape index (κ1) is 14.6. The molecule has 0 saturated carbocycles. The van der Waals surface area contributed by atoms with Gasteiger partial charge in [0.15, 0.2) is 0 Å². The maximum atomic E-state index is 12.3. The minimum Gasteiger partial charge on any atom is -0.360 e. The van der Waals surface area contributed by atoms with E-state index in [9.17, 15) is 9.59 Å². The lowest BCUT2D eigenvalue weighted by Crippen LogP contribution is -2.22. The molecule has 22 heavy (non-hydrogen) atoms. The second-order valence-corrected chi connectivity index (χ2v) is 5.56. The Labute approximate surface area is 136 Å². The summed E-state index contributed by atoms with van der Waals surface area (Å²) in [7, 11) is 0. The van der Waals surface area contributed by atoms with Crippen LogP contribution in [-0.2, 0) is 4.79 Å². The summed E-state index contributed by atoms with van der Waals surface area (Å²) in [6.07, 6.45) is 1.50. The Morgan fingerprint density at radius 3 is 2.36 bits per heavy atom. The highest BCUT2D eigenvalue weighted by Crippen LogP contribution is 2.23. The molecule has 0 saturated heterocycles. The van der Waals surface area contributed by atoms with Crippen LogP contribution in [0.4, 0.5) is 5.69 Å². The van der Waals surface area contributed by atoms with Gasteiger partial charge in [-0.2, -0.15) is 0 Å². The van der Waals surface area contributed by atoms with E-state index in [0.29, 0.717) is 21.1 Å². The zero-order valence-electron chi connectivity index (χ0n) is 11.2. The number of halogens is 2. The van der Waals surface area contributed by atoms with E-state index in [1.165, 1.54) is 6.20 Å². The molecule has 3 aromatic rings. The van der Waals surface area contributed by atoms with Crippen molar-refractivity contribution >= 4 is 51.5 Å². The van der Waals surface area contributed by atoms with Crippen molar-refractivity contribution < 1.29 is 9.59 Å². The number of carbonyl (C=O) groups is 2. The molecule has 3 rings (SSSR count). The van der Waals surface area contributed by atoms with Crippen LogP contribution in [0.15, 0.2) is 48.7 Å². The van der Waals surface area contributed by atoms with E-state index in [0.717, 1.165) is 5.52 Å². The number of H-pyrrole nitrogens is 1. The number of hydrogen-bond donors (Lipinski definition) is 2. The third-order valence-corrected chi connectivity index (χ3v) is 3.68. The van der Waals surface area contributed by atoms with Crippen LogP contribution in [0.5, 0.6) is 0 Å². The van der Waals surface area contributed by atoms with Crippen molar-refractivity contribution in [3.05, 3.63) is 64.3 Å². The van der Waals surface area contributed by atoms with Gasteiger partial charge in [-0.05, 0) is 42.5 Å². The van der Waals surface area contributed by atoms with E-state index in [2.05, 4.69) is 10.3 Å². The lowest BCUT2D eigenvalue weighted by molar-refractivity contribution is -0.112. The predicted molar refractivity (Wildman–Crippen MR) is 87.7 cm³/mol. The van der Waals surface area contributed by atoms with Crippen LogP contribution in [0.25, 0.3) is 10.9 Å². The van der Waals surface area contributed by atoms with Crippen LogP contribution < -0.4 is 5.32 Å². The number of Topliss-reactive ketones (excluding diaryl/α,β-unsaturated/α-hetero) is 1. The molecule has 2 aromatic carbocycles. The number of fused-ring (bicyclic) bond motifs is 1. The zero-order chi connectivity index (χ0) is 15.7. The highest BCUT2D eigenvalue weighted by atomic mass is 35.5. The molecule has 110 valence electrons. The number of ketones is 1. The molecule has 1 heterocycles. The van der Waals surface area contributed by atoms with Gasteiger partial charge in [0, 0.05) is 32.8 Å². The number of carbonyl (C=O) groups excluding carboxylic acids is 2. The lowest BCUT2D eigenvalue weighted by atomic mass is 10.1. The van der Waals surface area contributed by atoms with E-state index in [-0.39, 0.29) is 5.56 Å². The maximum absolute atomic E-state index is 12.3. The van der Waals surface area contributed by atoms with E-state index in [1.54, 1.807) is 42.5 Å². The smallest absolute Gasteiger partial charge is 0.296 e. The van der Waals surface area contributed by atoms with Gasteiger partial charge in [0.05, 0.1) is 5.56 Å². The fourth-order valence-corrected chi connectivity index (χ4v) is 2.42. The minimum absolute atomic E-state index is 0.281. The first-order valence-electron chi connectivity index (χ1n) is 6.42. The molecule has 0 aliphatic rings. The van der Waals surface area contributed by atoms with Gasteiger partial charge in [-0.1, -0.05) is 23.2 Å². The fraction of sp³-hybridized carbons (Fsp3) is 0. The van der Waals surface area contributed by atoms with E-state index >= 15 is 0 Å². The normalized spacial score (nSPS) is 10.6. The topological polar surface area (TPSA) is 62.0 Å².